The van der Waals surface area contributed by atoms with E-state index in [4.69, 9.17) is 5.73 Å². The van der Waals surface area contributed by atoms with E-state index in [1.165, 1.54) is 36.4 Å². The normalized spacial score (nSPS) is 12.2. The maximum Gasteiger partial charge on any atom is 0.573 e. The van der Waals surface area contributed by atoms with E-state index in [2.05, 4.69) is 4.74 Å². The molecule has 0 radical (unpaired) electrons. The Morgan fingerprint density at radius 2 is 1.43 bits per heavy atom. The molecule has 0 aliphatic rings. The molecule has 1 atom stereocenters. The summed E-state index contributed by atoms with van der Waals surface area (Å²) >= 11 is 0. The van der Waals surface area contributed by atoms with Crippen molar-refractivity contribution in [2.45, 2.75) is 12.4 Å². The first-order valence-electron chi connectivity index (χ1n) is 6.12. The molecule has 5 nitrogen and oxygen atoms in total. The second-order valence-corrected chi connectivity index (χ2v) is 4.44. The maximum atomic E-state index is 12.1. The molecule has 0 aliphatic carbocycles. The van der Waals surface area contributed by atoms with Crippen LogP contribution in [0.1, 0.15) is 17.2 Å². The summed E-state index contributed by atoms with van der Waals surface area (Å²) < 4.78 is 40.0. The standard InChI is InChI=1S/C14H11F3N2O3.ClH/c15-14(16,17)22-12-7-3-10(4-8-12)13(18)9-1-5-11(6-2-9)19(20)21;/h1-8,13H,18H2;1H/t13-;/m1./s1. The predicted molar refractivity (Wildman–Crippen MR) is 79.5 cm³/mol. The molecule has 9 heteroatoms. The second-order valence-electron chi connectivity index (χ2n) is 4.44. The summed E-state index contributed by atoms with van der Waals surface area (Å²) in [5, 5.41) is 10.6. The minimum absolute atomic E-state index is 0. The van der Waals surface area contributed by atoms with Crippen LogP contribution in [0.25, 0.3) is 0 Å². The molecule has 0 heterocycles. The third-order valence-electron chi connectivity index (χ3n) is 2.94. The van der Waals surface area contributed by atoms with E-state index in [0.29, 0.717) is 11.1 Å². The number of non-ortho nitro benzene ring substituents is 1. The molecule has 0 fully saturated rings. The van der Waals surface area contributed by atoms with E-state index in [-0.39, 0.29) is 23.8 Å². The Morgan fingerprint density at radius 3 is 1.83 bits per heavy atom. The molecule has 0 bridgehead atoms. The maximum absolute atomic E-state index is 12.1. The highest BCUT2D eigenvalue weighted by atomic mass is 35.5. The van der Waals surface area contributed by atoms with Crippen molar-refractivity contribution in [3.63, 3.8) is 0 Å². The third kappa shape index (κ3) is 5.11. The zero-order valence-electron chi connectivity index (χ0n) is 11.5. The quantitative estimate of drug-likeness (QED) is 0.670. The fourth-order valence-corrected chi connectivity index (χ4v) is 1.87. The molecule has 0 spiro atoms. The van der Waals surface area contributed by atoms with E-state index in [9.17, 15) is 23.3 Å². The van der Waals surface area contributed by atoms with Crippen molar-refractivity contribution in [1.82, 2.24) is 0 Å². The van der Waals surface area contributed by atoms with Gasteiger partial charge in [-0.2, -0.15) is 0 Å². The van der Waals surface area contributed by atoms with Crippen LogP contribution in [-0.2, 0) is 0 Å². The number of alkyl halides is 3. The van der Waals surface area contributed by atoms with Gasteiger partial charge >= 0.3 is 6.36 Å². The number of hydrogen-bond acceptors (Lipinski definition) is 4. The second kappa shape index (κ2) is 7.30. The van der Waals surface area contributed by atoms with E-state index >= 15 is 0 Å². The molecule has 0 aromatic heterocycles. The molecule has 23 heavy (non-hydrogen) atoms. The number of nitro benzene ring substituents is 1. The van der Waals surface area contributed by atoms with Gasteiger partial charge in [0, 0.05) is 12.1 Å². The van der Waals surface area contributed by atoms with Gasteiger partial charge in [0.05, 0.1) is 11.0 Å². The van der Waals surface area contributed by atoms with Crippen molar-refractivity contribution in [1.29, 1.82) is 0 Å². The minimum Gasteiger partial charge on any atom is -0.406 e. The smallest absolute Gasteiger partial charge is 0.406 e. The minimum atomic E-state index is -4.75. The van der Waals surface area contributed by atoms with Crippen molar-refractivity contribution < 1.29 is 22.8 Å². The monoisotopic (exact) mass is 348 g/mol. The van der Waals surface area contributed by atoms with Crippen molar-refractivity contribution in [2.24, 2.45) is 5.73 Å². The Morgan fingerprint density at radius 1 is 1.00 bits per heavy atom. The summed E-state index contributed by atoms with van der Waals surface area (Å²) in [6.45, 7) is 0. The van der Waals surface area contributed by atoms with Crippen LogP contribution < -0.4 is 10.5 Å². The van der Waals surface area contributed by atoms with Gasteiger partial charge in [-0.25, -0.2) is 0 Å². The highest BCUT2D eigenvalue weighted by Gasteiger charge is 2.31. The van der Waals surface area contributed by atoms with Gasteiger partial charge in [0.2, 0.25) is 0 Å². The van der Waals surface area contributed by atoms with Gasteiger partial charge in [-0.05, 0) is 23.3 Å². The Labute approximate surface area is 135 Å². The third-order valence-corrected chi connectivity index (χ3v) is 2.94. The molecular weight excluding hydrogens is 337 g/mol. The lowest BCUT2D eigenvalue weighted by atomic mass is 9.99. The summed E-state index contributed by atoms with van der Waals surface area (Å²) in [5.41, 5.74) is 7.09. The summed E-state index contributed by atoms with van der Waals surface area (Å²) in [6.07, 6.45) is -4.75. The lowest BCUT2D eigenvalue weighted by Crippen LogP contribution is -2.17. The summed E-state index contributed by atoms with van der Waals surface area (Å²) in [6, 6.07) is 10.2. The van der Waals surface area contributed by atoms with Crippen molar-refractivity contribution in [3.8, 4) is 5.75 Å². The van der Waals surface area contributed by atoms with Gasteiger partial charge in [-0.15, -0.1) is 25.6 Å². The van der Waals surface area contributed by atoms with Gasteiger partial charge in [0.15, 0.2) is 0 Å². The van der Waals surface area contributed by atoms with Crippen molar-refractivity contribution in [3.05, 3.63) is 69.8 Å². The molecular formula is C14H12ClF3N2O3. The lowest BCUT2D eigenvalue weighted by molar-refractivity contribution is -0.384. The molecule has 2 aromatic carbocycles. The SMILES string of the molecule is Cl.N[C@@H](c1ccc(OC(F)(F)F)cc1)c1ccc([N+](=O)[O-])cc1. The van der Waals surface area contributed by atoms with Gasteiger partial charge in [0.25, 0.3) is 5.69 Å². The fourth-order valence-electron chi connectivity index (χ4n) is 1.87. The van der Waals surface area contributed by atoms with E-state index in [1.54, 1.807) is 0 Å². The first-order chi connectivity index (χ1) is 10.3. The van der Waals surface area contributed by atoms with Crippen LogP contribution >= 0.6 is 12.4 Å². The summed E-state index contributed by atoms with van der Waals surface area (Å²) in [5.74, 6) is -0.341. The average Bonchev–Trinajstić information content (AvgIpc) is 2.46. The molecule has 0 unspecified atom stereocenters. The van der Waals surface area contributed by atoms with Crippen LogP contribution in [0.15, 0.2) is 48.5 Å². The van der Waals surface area contributed by atoms with Crippen molar-refractivity contribution in [2.75, 3.05) is 0 Å². The van der Waals surface area contributed by atoms with Gasteiger partial charge < -0.3 is 10.5 Å². The Kier molecular flexibility index (Phi) is 5.94. The predicted octanol–water partition coefficient (Wildman–Crippen LogP) is 3.96. The highest BCUT2D eigenvalue weighted by Crippen LogP contribution is 2.26. The van der Waals surface area contributed by atoms with Crippen LogP contribution in [0, 0.1) is 10.1 Å². The number of halogens is 4. The molecule has 2 N–H and O–H groups in total. The van der Waals surface area contributed by atoms with Crippen LogP contribution in [-0.4, -0.2) is 11.3 Å². The number of ether oxygens (including phenoxy) is 1. The van der Waals surface area contributed by atoms with Gasteiger partial charge in [0.1, 0.15) is 5.75 Å². The van der Waals surface area contributed by atoms with Gasteiger partial charge in [-0.3, -0.25) is 10.1 Å². The molecule has 0 aliphatic heterocycles. The van der Waals surface area contributed by atoms with Crippen LogP contribution in [0.2, 0.25) is 0 Å². The van der Waals surface area contributed by atoms with E-state index < -0.39 is 17.3 Å². The Balaban J connectivity index is 0.00000264. The number of nitrogens with zero attached hydrogens (tertiary/aromatic N) is 1. The highest BCUT2D eigenvalue weighted by molar-refractivity contribution is 5.85. The molecule has 0 saturated heterocycles. The number of rotatable bonds is 4. The topological polar surface area (TPSA) is 78.4 Å². The van der Waals surface area contributed by atoms with Crippen LogP contribution in [0.5, 0.6) is 5.75 Å². The first kappa shape index (κ1) is 18.7. The van der Waals surface area contributed by atoms with E-state index in [1.807, 2.05) is 0 Å². The van der Waals surface area contributed by atoms with E-state index in [0.717, 1.165) is 12.1 Å². The van der Waals surface area contributed by atoms with Crippen LogP contribution in [0.3, 0.4) is 0 Å². The lowest BCUT2D eigenvalue weighted by Gasteiger charge is -2.14. The fraction of sp³-hybridized carbons (Fsp3) is 0.143. The molecule has 2 aromatic rings. The van der Waals surface area contributed by atoms with Crippen molar-refractivity contribution >= 4 is 18.1 Å². The zero-order valence-corrected chi connectivity index (χ0v) is 12.3. The van der Waals surface area contributed by atoms with Gasteiger partial charge in [-0.1, -0.05) is 24.3 Å². The average molecular weight is 349 g/mol. The Bertz CT molecular complexity index is 660. The molecule has 0 amide bonds. The number of hydrogen-bond donors (Lipinski definition) is 1. The molecule has 2 rings (SSSR count). The Hall–Kier alpha value is -2.32. The zero-order chi connectivity index (χ0) is 16.3. The van der Waals surface area contributed by atoms with Crippen LogP contribution in [0.4, 0.5) is 18.9 Å². The largest absolute Gasteiger partial charge is 0.573 e. The summed E-state index contributed by atoms with van der Waals surface area (Å²) in [7, 11) is 0. The molecule has 124 valence electrons. The summed E-state index contributed by atoms with van der Waals surface area (Å²) in [4.78, 5) is 10.0. The first-order valence-corrected chi connectivity index (χ1v) is 6.12. The number of nitrogens with two attached hydrogens (primary N) is 1. The number of nitro groups is 1. The number of benzene rings is 2. The molecule has 0 saturated carbocycles.